The van der Waals surface area contributed by atoms with Gasteiger partial charge in [-0.15, -0.1) is 0 Å². The zero-order valence-corrected chi connectivity index (χ0v) is 15.9. The van der Waals surface area contributed by atoms with Gasteiger partial charge in [0, 0.05) is 18.8 Å². The third kappa shape index (κ3) is 3.85. The van der Waals surface area contributed by atoms with Crippen molar-refractivity contribution in [3.63, 3.8) is 0 Å². The molecule has 0 saturated carbocycles. The average molecular weight is 374 g/mol. The molecule has 26 heavy (non-hydrogen) atoms. The Balaban J connectivity index is 1.71. The molecule has 1 N–H and O–H groups in total. The summed E-state index contributed by atoms with van der Waals surface area (Å²) < 4.78 is 23.3. The van der Waals surface area contributed by atoms with Crippen molar-refractivity contribution in [1.82, 2.24) is 9.97 Å². The zero-order valence-electron chi connectivity index (χ0n) is 15.1. The number of aromatic nitrogens is 2. The molecule has 1 fully saturated rings. The van der Waals surface area contributed by atoms with Crippen molar-refractivity contribution in [3.05, 3.63) is 47.4 Å². The van der Waals surface area contributed by atoms with E-state index in [1.807, 2.05) is 36.9 Å². The van der Waals surface area contributed by atoms with Crippen molar-refractivity contribution in [2.45, 2.75) is 26.3 Å². The zero-order chi connectivity index (χ0) is 18.9. The largest absolute Gasteiger partial charge is 0.354 e. The SMILES string of the molecule is Cc1cccc(NC(=O)c2cnc(N(C)C3CCS(=O)(=O)C3)cn2)c1C. The van der Waals surface area contributed by atoms with Crippen LogP contribution in [0.15, 0.2) is 30.6 Å². The lowest BCUT2D eigenvalue weighted by molar-refractivity contribution is 0.102. The van der Waals surface area contributed by atoms with Crippen LogP contribution in [0.3, 0.4) is 0 Å². The van der Waals surface area contributed by atoms with Crippen LogP contribution in [0.1, 0.15) is 28.0 Å². The highest BCUT2D eigenvalue weighted by Crippen LogP contribution is 2.21. The van der Waals surface area contributed by atoms with E-state index in [9.17, 15) is 13.2 Å². The van der Waals surface area contributed by atoms with E-state index in [0.717, 1.165) is 16.8 Å². The van der Waals surface area contributed by atoms with Gasteiger partial charge in [-0.05, 0) is 37.5 Å². The van der Waals surface area contributed by atoms with Gasteiger partial charge in [-0.3, -0.25) is 4.79 Å². The van der Waals surface area contributed by atoms with E-state index in [1.165, 1.54) is 12.4 Å². The van der Waals surface area contributed by atoms with Gasteiger partial charge in [0.15, 0.2) is 9.84 Å². The minimum absolute atomic E-state index is 0.107. The number of carbonyl (C=O) groups is 1. The molecule has 0 radical (unpaired) electrons. The Morgan fingerprint density at radius 3 is 2.62 bits per heavy atom. The predicted octanol–water partition coefficient (Wildman–Crippen LogP) is 1.97. The van der Waals surface area contributed by atoms with Crippen molar-refractivity contribution in [2.75, 3.05) is 28.8 Å². The molecule has 1 saturated heterocycles. The normalized spacial score (nSPS) is 18.5. The van der Waals surface area contributed by atoms with E-state index in [-0.39, 0.29) is 29.1 Å². The number of benzene rings is 1. The van der Waals surface area contributed by atoms with Crippen LogP contribution in [-0.2, 0) is 9.84 Å². The summed E-state index contributed by atoms with van der Waals surface area (Å²) in [5.74, 6) is 0.547. The molecule has 0 aliphatic carbocycles. The summed E-state index contributed by atoms with van der Waals surface area (Å²) in [4.78, 5) is 22.7. The third-order valence-electron chi connectivity index (χ3n) is 4.84. The fraction of sp³-hybridized carbons (Fsp3) is 0.389. The number of rotatable bonds is 4. The Morgan fingerprint density at radius 1 is 1.23 bits per heavy atom. The predicted molar refractivity (Wildman–Crippen MR) is 101 cm³/mol. The molecule has 1 atom stereocenters. The first-order valence-corrected chi connectivity index (χ1v) is 10.2. The number of nitrogens with one attached hydrogen (secondary N) is 1. The lowest BCUT2D eigenvalue weighted by atomic mass is 10.1. The second-order valence-electron chi connectivity index (χ2n) is 6.63. The van der Waals surface area contributed by atoms with Gasteiger partial charge in [0.2, 0.25) is 0 Å². The Morgan fingerprint density at radius 2 is 2.00 bits per heavy atom. The van der Waals surface area contributed by atoms with Crippen molar-refractivity contribution in [2.24, 2.45) is 0 Å². The summed E-state index contributed by atoms with van der Waals surface area (Å²) in [6.45, 7) is 3.93. The van der Waals surface area contributed by atoms with E-state index in [2.05, 4.69) is 15.3 Å². The molecule has 138 valence electrons. The standard InChI is InChI=1S/C18H22N4O3S/c1-12-5-4-6-15(13(12)2)21-18(23)16-9-20-17(10-19-16)22(3)14-7-8-26(24,25)11-14/h4-6,9-10,14H,7-8,11H2,1-3H3,(H,21,23). The quantitative estimate of drug-likeness (QED) is 0.880. The smallest absolute Gasteiger partial charge is 0.275 e. The number of sulfone groups is 1. The number of amides is 1. The van der Waals surface area contributed by atoms with Gasteiger partial charge in [-0.1, -0.05) is 12.1 Å². The molecule has 3 rings (SSSR count). The first-order chi connectivity index (χ1) is 12.3. The van der Waals surface area contributed by atoms with Crippen LogP contribution in [-0.4, -0.2) is 48.9 Å². The number of carbonyl (C=O) groups excluding carboxylic acids is 1. The number of anilines is 2. The second kappa shape index (κ2) is 7.03. The maximum Gasteiger partial charge on any atom is 0.275 e. The summed E-state index contributed by atoms with van der Waals surface area (Å²) in [7, 11) is -1.17. The van der Waals surface area contributed by atoms with Gasteiger partial charge in [0.25, 0.3) is 5.91 Å². The van der Waals surface area contributed by atoms with Crippen molar-refractivity contribution in [3.8, 4) is 0 Å². The van der Waals surface area contributed by atoms with Crippen LogP contribution in [0.2, 0.25) is 0 Å². The molecule has 8 heteroatoms. The van der Waals surface area contributed by atoms with Crippen LogP contribution in [0.25, 0.3) is 0 Å². The number of hydrogen-bond donors (Lipinski definition) is 1. The average Bonchev–Trinajstić information content (AvgIpc) is 2.98. The number of hydrogen-bond acceptors (Lipinski definition) is 6. The maximum absolute atomic E-state index is 12.4. The summed E-state index contributed by atoms with van der Waals surface area (Å²) in [5, 5.41) is 2.85. The lowest BCUT2D eigenvalue weighted by Crippen LogP contribution is -2.33. The minimum Gasteiger partial charge on any atom is -0.354 e. The second-order valence-corrected chi connectivity index (χ2v) is 8.86. The highest BCUT2D eigenvalue weighted by molar-refractivity contribution is 7.91. The summed E-state index contributed by atoms with van der Waals surface area (Å²) >= 11 is 0. The number of nitrogens with zero attached hydrogens (tertiary/aromatic N) is 3. The summed E-state index contributed by atoms with van der Waals surface area (Å²) in [5.41, 5.74) is 3.06. The van der Waals surface area contributed by atoms with Crippen LogP contribution in [0.5, 0.6) is 0 Å². The van der Waals surface area contributed by atoms with Crippen LogP contribution in [0, 0.1) is 13.8 Å². The van der Waals surface area contributed by atoms with Crippen LogP contribution < -0.4 is 10.2 Å². The molecule has 1 aromatic carbocycles. The molecular formula is C18H22N4O3S. The van der Waals surface area contributed by atoms with E-state index >= 15 is 0 Å². The van der Waals surface area contributed by atoms with E-state index in [4.69, 9.17) is 0 Å². The van der Waals surface area contributed by atoms with E-state index < -0.39 is 9.84 Å². The molecule has 7 nitrogen and oxygen atoms in total. The molecule has 1 aromatic heterocycles. The lowest BCUT2D eigenvalue weighted by Gasteiger charge is -2.24. The Kier molecular flexibility index (Phi) is 4.95. The molecule has 1 amide bonds. The minimum atomic E-state index is -2.97. The highest BCUT2D eigenvalue weighted by atomic mass is 32.2. The third-order valence-corrected chi connectivity index (χ3v) is 6.59. The first-order valence-electron chi connectivity index (χ1n) is 8.40. The summed E-state index contributed by atoms with van der Waals surface area (Å²) in [6.07, 6.45) is 3.49. The summed E-state index contributed by atoms with van der Waals surface area (Å²) in [6, 6.07) is 5.61. The topological polar surface area (TPSA) is 92.3 Å². The van der Waals surface area contributed by atoms with Crippen molar-refractivity contribution in [1.29, 1.82) is 0 Å². The van der Waals surface area contributed by atoms with Gasteiger partial charge in [0.1, 0.15) is 11.5 Å². The van der Waals surface area contributed by atoms with Crippen molar-refractivity contribution < 1.29 is 13.2 Å². The van der Waals surface area contributed by atoms with Gasteiger partial charge in [-0.25, -0.2) is 18.4 Å². The highest BCUT2D eigenvalue weighted by Gasteiger charge is 2.31. The fourth-order valence-corrected chi connectivity index (χ4v) is 4.74. The first kappa shape index (κ1) is 18.3. The van der Waals surface area contributed by atoms with E-state index in [0.29, 0.717) is 12.2 Å². The molecule has 1 aliphatic heterocycles. The molecule has 0 bridgehead atoms. The molecule has 2 aromatic rings. The fourth-order valence-electron chi connectivity index (χ4n) is 2.96. The number of aryl methyl sites for hydroxylation is 1. The Labute approximate surface area is 153 Å². The van der Waals surface area contributed by atoms with Crippen molar-refractivity contribution >= 4 is 27.2 Å². The van der Waals surface area contributed by atoms with Crippen LogP contribution in [0.4, 0.5) is 11.5 Å². The van der Waals surface area contributed by atoms with Crippen LogP contribution >= 0.6 is 0 Å². The molecule has 1 unspecified atom stereocenters. The molecule has 2 heterocycles. The van der Waals surface area contributed by atoms with Gasteiger partial charge < -0.3 is 10.2 Å². The van der Waals surface area contributed by atoms with Gasteiger partial charge in [0.05, 0.1) is 23.9 Å². The molecular weight excluding hydrogens is 352 g/mol. The molecule has 1 aliphatic rings. The van der Waals surface area contributed by atoms with E-state index in [1.54, 1.807) is 7.05 Å². The van der Waals surface area contributed by atoms with Gasteiger partial charge in [-0.2, -0.15) is 0 Å². The Hall–Kier alpha value is -2.48. The maximum atomic E-state index is 12.4. The monoisotopic (exact) mass is 374 g/mol. The molecule has 0 spiro atoms. The van der Waals surface area contributed by atoms with Gasteiger partial charge >= 0.3 is 0 Å². The Bertz CT molecular complexity index is 926.